The predicted octanol–water partition coefficient (Wildman–Crippen LogP) is 0.806. The largest absolute Gasteiger partial charge is 0.388 e. The van der Waals surface area contributed by atoms with E-state index in [0.717, 1.165) is 19.6 Å². The van der Waals surface area contributed by atoms with Crippen LogP contribution in [-0.4, -0.2) is 35.2 Å². The molecule has 1 heterocycles. The van der Waals surface area contributed by atoms with Gasteiger partial charge in [-0.05, 0) is 6.92 Å². The SMILES string of the molecule is CC1(O)CN(CC=CCl)C1. The normalized spacial score (nSPS) is 25.1. The number of nitrogens with zero attached hydrogens (tertiary/aromatic N) is 1. The lowest BCUT2D eigenvalue weighted by atomic mass is 9.97. The van der Waals surface area contributed by atoms with Crippen LogP contribution < -0.4 is 0 Å². The molecule has 0 atom stereocenters. The smallest absolute Gasteiger partial charge is 0.0872 e. The van der Waals surface area contributed by atoms with Gasteiger partial charge in [0.1, 0.15) is 0 Å². The molecule has 0 amide bonds. The summed E-state index contributed by atoms with van der Waals surface area (Å²) in [5.41, 5.74) is 1.05. The molecular weight excluding hydrogens is 150 g/mol. The van der Waals surface area contributed by atoms with E-state index in [1.165, 1.54) is 5.54 Å². The van der Waals surface area contributed by atoms with Crippen molar-refractivity contribution in [2.24, 2.45) is 0 Å². The van der Waals surface area contributed by atoms with Crippen molar-refractivity contribution >= 4 is 11.6 Å². The number of β-amino-alcohol motifs (C(OH)–C–C–N with tert-alkyl or cyclic N) is 1. The molecule has 1 saturated heterocycles. The van der Waals surface area contributed by atoms with E-state index in [9.17, 15) is 5.11 Å². The summed E-state index contributed by atoms with van der Waals surface area (Å²) in [5.74, 6) is 0. The minimum Gasteiger partial charge on any atom is -0.388 e. The molecule has 1 N–H and O–H groups in total. The Kier molecular flexibility index (Phi) is 2.34. The molecule has 0 aromatic carbocycles. The van der Waals surface area contributed by atoms with Gasteiger partial charge in [0.25, 0.3) is 0 Å². The summed E-state index contributed by atoms with van der Waals surface area (Å²) in [6.07, 6.45) is 1.87. The second-order valence-electron chi connectivity index (χ2n) is 3.03. The quantitative estimate of drug-likeness (QED) is 0.648. The van der Waals surface area contributed by atoms with Gasteiger partial charge in [-0.25, -0.2) is 0 Å². The maximum Gasteiger partial charge on any atom is 0.0872 e. The van der Waals surface area contributed by atoms with Crippen LogP contribution in [0.15, 0.2) is 11.6 Å². The van der Waals surface area contributed by atoms with Crippen LogP contribution in [0.5, 0.6) is 0 Å². The van der Waals surface area contributed by atoms with Gasteiger partial charge in [0.2, 0.25) is 0 Å². The van der Waals surface area contributed by atoms with Crippen LogP contribution in [-0.2, 0) is 0 Å². The summed E-state index contributed by atoms with van der Waals surface area (Å²) in [6.45, 7) is 4.20. The average molecular weight is 162 g/mol. The van der Waals surface area contributed by atoms with E-state index in [4.69, 9.17) is 11.6 Å². The molecule has 2 nitrogen and oxygen atoms in total. The van der Waals surface area contributed by atoms with Crippen molar-refractivity contribution in [3.63, 3.8) is 0 Å². The first-order valence-electron chi connectivity index (χ1n) is 3.34. The summed E-state index contributed by atoms with van der Waals surface area (Å²) in [4.78, 5) is 2.12. The van der Waals surface area contributed by atoms with E-state index in [0.29, 0.717) is 0 Å². The minimum absolute atomic E-state index is 0.458. The maximum absolute atomic E-state index is 9.28. The van der Waals surface area contributed by atoms with Crippen molar-refractivity contribution < 1.29 is 5.11 Å². The Morgan fingerprint density at radius 1 is 1.70 bits per heavy atom. The molecule has 0 aromatic heterocycles. The van der Waals surface area contributed by atoms with Crippen molar-refractivity contribution in [1.29, 1.82) is 0 Å². The summed E-state index contributed by atoms with van der Waals surface area (Å²) >= 11 is 5.33. The van der Waals surface area contributed by atoms with Gasteiger partial charge in [0.05, 0.1) is 5.60 Å². The van der Waals surface area contributed by atoms with Crippen molar-refractivity contribution in [2.45, 2.75) is 12.5 Å². The van der Waals surface area contributed by atoms with Crippen LogP contribution in [0.4, 0.5) is 0 Å². The highest BCUT2D eigenvalue weighted by Crippen LogP contribution is 2.18. The molecule has 1 rings (SSSR count). The zero-order valence-electron chi connectivity index (χ0n) is 6.05. The molecule has 0 spiro atoms. The van der Waals surface area contributed by atoms with Gasteiger partial charge >= 0.3 is 0 Å². The van der Waals surface area contributed by atoms with E-state index >= 15 is 0 Å². The second-order valence-corrected chi connectivity index (χ2v) is 3.28. The van der Waals surface area contributed by atoms with Gasteiger partial charge in [0.15, 0.2) is 0 Å². The van der Waals surface area contributed by atoms with Crippen molar-refractivity contribution in [3.8, 4) is 0 Å². The number of hydrogen-bond acceptors (Lipinski definition) is 2. The van der Waals surface area contributed by atoms with Crippen LogP contribution in [0.3, 0.4) is 0 Å². The van der Waals surface area contributed by atoms with E-state index in [-0.39, 0.29) is 0 Å². The number of halogens is 1. The third-order valence-electron chi connectivity index (χ3n) is 1.58. The molecule has 3 heteroatoms. The molecule has 10 heavy (non-hydrogen) atoms. The molecule has 0 aromatic rings. The first-order chi connectivity index (χ1) is 4.64. The summed E-state index contributed by atoms with van der Waals surface area (Å²) in [6, 6.07) is 0. The van der Waals surface area contributed by atoms with Gasteiger partial charge in [-0.3, -0.25) is 4.90 Å². The fraction of sp³-hybridized carbons (Fsp3) is 0.714. The Hall–Kier alpha value is -0.0500. The topological polar surface area (TPSA) is 23.5 Å². The fourth-order valence-electron chi connectivity index (χ4n) is 1.24. The average Bonchev–Trinajstić information content (AvgIpc) is 1.78. The molecule has 0 radical (unpaired) electrons. The highest BCUT2D eigenvalue weighted by atomic mass is 35.5. The monoisotopic (exact) mass is 161 g/mol. The van der Waals surface area contributed by atoms with Gasteiger partial charge in [0, 0.05) is 25.2 Å². The summed E-state index contributed by atoms with van der Waals surface area (Å²) in [5, 5.41) is 9.28. The molecule has 1 fully saturated rings. The zero-order valence-corrected chi connectivity index (χ0v) is 6.80. The Morgan fingerprint density at radius 2 is 2.30 bits per heavy atom. The second kappa shape index (κ2) is 2.91. The van der Waals surface area contributed by atoms with Crippen LogP contribution >= 0.6 is 11.6 Å². The first-order valence-corrected chi connectivity index (χ1v) is 3.78. The van der Waals surface area contributed by atoms with Gasteiger partial charge in [-0.2, -0.15) is 0 Å². The molecular formula is C7H12ClNO. The van der Waals surface area contributed by atoms with Crippen LogP contribution in [0.25, 0.3) is 0 Å². The molecule has 1 aliphatic heterocycles. The van der Waals surface area contributed by atoms with Gasteiger partial charge < -0.3 is 5.11 Å². The first kappa shape index (κ1) is 8.05. The van der Waals surface area contributed by atoms with E-state index < -0.39 is 5.60 Å². The minimum atomic E-state index is -0.458. The van der Waals surface area contributed by atoms with E-state index in [1.54, 1.807) is 0 Å². The zero-order chi connectivity index (χ0) is 7.61. The molecule has 58 valence electrons. The standard InChI is InChI=1S/C7H12ClNO/c1-7(10)5-9(6-7)4-2-3-8/h2-3,10H,4-6H2,1H3. The predicted molar refractivity (Wildman–Crippen MR) is 42.1 cm³/mol. The number of aliphatic hydroxyl groups is 1. The van der Waals surface area contributed by atoms with Crippen molar-refractivity contribution in [1.82, 2.24) is 4.90 Å². The third-order valence-corrected chi connectivity index (χ3v) is 1.76. The lowest BCUT2D eigenvalue weighted by molar-refractivity contribution is -0.0777. The lowest BCUT2D eigenvalue weighted by Gasteiger charge is -2.43. The molecule has 0 unspecified atom stereocenters. The van der Waals surface area contributed by atoms with E-state index in [2.05, 4.69) is 4.90 Å². The molecule has 0 saturated carbocycles. The van der Waals surface area contributed by atoms with E-state index in [1.807, 2.05) is 13.0 Å². The number of hydrogen-bond donors (Lipinski definition) is 1. The number of rotatable bonds is 2. The highest BCUT2D eigenvalue weighted by molar-refractivity contribution is 6.25. The summed E-state index contributed by atoms with van der Waals surface area (Å²) < 4.78 is 0. The fourth-order valence-corrected chi connectivity index (χ4v) is 1.31. The Morgan fingerprint density at radius 3 is 2.70 bits per heavy atom. The van der Waals surface area contributed by atoms with Crippen LogP contribution in [0, 0.1) is 0 Å². The lowest BCUT2D eigenvalue weighted by Crippen LogP contribution is -2.59. The Labute approximate surface area is 66.1 Å². The molecule has 0 aliphatic carbocycles. The van der Waals surface area contributed by atoms with Crippen molar-refractivity contribution in [3.05, 3.63) is 11.6 Å². The van der Waals surface area contributed by atoms with Gasteiger partial charge in [-0.1, -0.05) is 17.7 Å². The van der Waals surface area contributed by atoms with Crippen molar-refractivity contribution in [2.75, 3.05) is 19.6 Å². The Balaban J connectivity index is 2.15. The molecule has 1 aliphatic rings. The number of likely N-dealkylation sites (tertiary alicyclic amines) is 1. The highest BCUT2D eigenvalue weighted by Gasteiger charge is 2.35. The maximum atomic E-state index is 9.28. The summed E-state index contributed by atoms with van der Waals surface area (Å²) in [7, 11) is 0. The van der Waals surface area contributed by atoms with Gasteiger partial charge in [-0.15, -0.1) is 0 Å². The third kappa shape index (κ3) is 1.97. The Bertz CT molecular complexity index is 137. The molecule has 0 bridgehead atoms. The van der Waals surface area contributed by atoms with Crippen LogP contribution in [0.1, 0.15) is 6.92 Å². The van der Waals surface area contributed by atoms with Crippen LogP contribution in [0.2, 0.25) is 0 Å².